The molecular weight excluding hydrogens is 248 g/mol. The third kappa shape index (κ3) is 2.42. The number of hydrogen-bond acceptors (Lipinski definition) is 3. The third-order valence-electron chi connectivity index (χ3n) is 5.38. The van der Waals surface area contributed by atoms with E-state index in [9.17, 15) is 0 Å². The zero-order valence-corrected chi connectivity index (χ0v) is 13.1. The summed E-state index contributed by atoms with van der Waals surface area (Å²) in [6.07, 6.45) is 6.88. The van der Waals surface area contributed by atoms with Crippen LogP contribution < -0.4 is 5.73 Å². The van der Waals surface area contributed by atoms with Crippen LogP contribution in [-0.2, 0) is 6.54 Å². The Morgan fingerprint density at radius 2 is 2.15 bits per heavy atom. The molecule has 0 bridgehead atoms. The maximum Gasteiger partial charge on any atom is 0.117 e. The van der Waals surface area contributed by atoms with Crippen LogP contribution in [0.3, 0.4) is 0 Å². The van der Waals surface area contributed by atoms with Gasteiger partial charge in [0, 0.05) is 18.1 Å². The predicted octanol–water partition coefficient (Wildman–Crippen LogP) is 3.40. The van der Waals surface area contributed by atoms with Crippen molar-refractivity contribution in [1.82, 2.24) is 4.90 Å². The molecule has 2 atom stereocenters. The summed E-state index contributed by atoms with van der Waals surface area (Å²) in [5.74, 6) is 1.72. The van der Waals surface area contributed by atoms with Gasteiger partial charge < -0.3 is 10.2 Å². The fraction of sp³-hybridized carbons (Fsp3) is 0.765. The van der Waals surface area contributed by atoms with Crippen LogP contribution in [0.2, 0.25) is 0 Å². The Kier molecular flexibility index (Phi) is 3.46. The summed E-state index contributed by atoms with van der Waals surface area (Å²) in [5.41, 5.74) is 6.85. The first-order valence-electron chi connectivity index (χ1n) is 7.96. The van der Waals surface area contributed by atoms with Gasteiger partial charge in [0.1, 0.15) is 5.76 Å². The number of furan rings is 1. The molecule has 0 saturated heterocycles. The van der Waals surface area contributed by atoms with E-state index in [1.165, 1.54) is 25.7 Å². The standard InChI is InChI=1S/C17H28N2O/c1-13-9-16(2,3)11-17(13,12-18)19(14-6-7-14)10-15-5-4-8-20-15/h4-5,8,13-14H,6-7,9-12,18H2,1-3H3. The van der Waals surface area contributed by atoms with Crippen LogP contribution in [0.4, 0.5) is 0 Å². The second-order valence-corrected chi connectivity index (χ2v) is 7.69. The monoisotopic (exact) mass is 276 g/mol. The summed E-state index contributed by atoms with van der Waals surface area (Å²) in [6, 6.07) is 4.78. The Morgan fingerprint density at radius 1 is 1.40 bits per heavy atom. The van der Waals surface area contributed by atoms with Gasteiger partial charge in [-0.15, -0.1) is 0 Å². The largest absolute Gasteiger partial charge is 0.468 e. The Labute approximate surface area is 122 Å². The van der Waals surface area contributed by atoms with Gasteiger partial charge in [-0.25, -0.2) is 0 Å². The fourth-order valence-electron chi connectivity index (χ4n) is 4.48. The molecule has 3 rings (SSSR count). The van der Waals surface area contributed by atoms with Gasteiger partial charge in [-0.1, -0.05) is 20.8 Å². The zero-order valence-electron chi connectivity index (χ0n) is 13.1. The molecule has 2 N–H and O–H groups in total. The number of rotatable bonds is 5. The first-order chi connectivity index (χ1) is 9.47. The lowest BCUT2D eigenvalue weighted by Crippen LogP contribution is -2.56. The van der Waals surface area contributed by atoms with Crippen molar-refractivity contribution < 1.29 is 4.42 Å². The van der Waals surface area contributed by atoms with Crippen LogP contribution in [0.1, 0.15) is 52.2 Å². The summed E-state index contributed by atoms with van der Waals surface area (Å²) < 4.78 is 5.60. The fourth-order valence-corrected chi connectivity index (χ4v) is 4.48. The van der Waals surface area contributed by atoms with Crippen LogP contribution in [0.25, 0.3) is 0 Å². The van der Waals surface area contributed by atoms with E-state index in [1.54, 1.807) is 6.26 Å². The molecule has 112 valence electrons. The Morgan fingerprint density at radius 3 is 2.60 bits per heavy atom. The molecule has 1 aromatic heterocycles. The number of nitrogens with two attached hydrogens (primary N) is 1. The van der Waals surface area contributed by atoms with E-state index in [0.29, 0.717) is 17.4 Å². The average Bonchev–Trinajstić information content (AvgIpc) is 3.02. The van der Waals surface area contributed by atoms with Gasteiger partial charge in [0.05, 0.1) is 12.8 Å². The molecule has 3 heteroatoms. The zero-order chi connectivity index (χ0) is 14.4. The molecule has 2 unspecified atom stereocenters. The summed E-state index contributed by atoms with van der Waals surface area (Å²) in [4.78, 5) is 2.67. The summed E-state index contributed by atoms with van der Waals surface area (Å²) in [6.45, 7) is 8.83. The van der Waals surface area contributed by atoms with Crippen LogP contribution >= 0.6 is 0 Å². The van der Waals surface area contributed by atoms with Crippen LogP contribution in [0.15, 0.2) is 22.8 Å². The highest BCUT2D eigenvalue weighted by Gasteiger charge is 2.54. The summed E-state index contributed by atoms with van der Waals surface area (Å²) in [5, 5.41) is 0. The van der Waals surface area contributed by atoms with Gasteiger partial charge in [-0.05, 0) is 49.1 Å². The molecule has 0 aliphatic heterocycles. The van der Waals surface area contributed by atoms with Crippen LogP contribution in [-0.4, -0.2) is 23.0 Å². The minimum atomic E-state index is 0.150. The topological polar surface area (TPSA) is 42.4 Å². The quantitative estimate of drug-likeness (QED) is 0.896. The van der Waals surface area contributed by atoms with Gasteiger partial charge in [0.15, 0.2) is 0 Å². The minimum Gasteiger partial charge on any atom is -0.468 e. The molecule has 2 saturated carbocycles. The van der Waals surface area contributed by atoms with Crippen LogP contribution in [0.5, 0.6) is 0 Å². The molecule has 0 amide bonds. The Bertz CT molecular complexity index is 450. The van der Waals surface area contributed by atoms with Crippen molar-refractivity contribution in [2.24, 2.45) is 17.1 Å². The van der Waals surface area contributed by atoms with Crippen molar-refractivity contribution >= 4 is 0 Å². The molecular formula is C17H28N2O. The third-order valence-corrected chi connectivity index (χ3v) is 5.38. The van der Waals surface area contributed by atoms with Crippen molar-refractivity contribution in [2.75, 3.05) is 6.54 Å². The van der Waals surface area contributed by atoms with E-state index < -0.39 is 0 Å². The van der Waals surface area contributed by atoms with E-state index in [-0.39, 0.29) is 5.54 Å². The first kappa shape index (κ1) is 14.2. The second-order valence-electron chi connectivity index (χ2n) is 7.69. The van der Waals surface area contributed by atoms with Crippen molar-refractivity contribution in [2.45, 2.75) is 64.6 Å². The van der Waals surface area contributed by atoms with Gasteiger partial charge in [-0.2, -0.15) is 0 Å². The molecule has 0 radical (unpaired) electrons. The predicted molar refractivity (Wildman–Crippen MR) is 81.2 cm³/mol. The molecule has 1 aromatic rings. The lowest BCUT2D eigenvalue weighted by molar-refractivity contribution is 0.0370. The molecule has 0 spiro atoms. The number of nitrogens with zero attached hydrogens (tertiary/aromatic N) is 1. The summed E-state index contributed by atoms with van der Waals surface area (Å²) in [7, 11) is 0. The lowest BCUT2D eigenvalue weighted by atomic mass is 9.84. The highest BCUT2D eigenvalue weighted by atomic mass is 16.3. The van der Waals surface area contributed by atoms with Crippen molar-refractivity contribution in [1.29, 1.82) is 0 Å². The Balaban J connectivity index is 1.88. The minimum absolute atomic E-state index is 0.150. The lowest BCUT2D eigenvalue weighted by Gasteiger charge is -2.44. The van der Waals surface area contributed by atoms with Crippen molar-refractivity contribution in [3.63, 3.8) is 0 Å². The van der Waals surface area contributed by atoms with Crippen molar-refractivity contribution in [3.05, 3.63) is 24.2 Å². The van der Waals surface area contributed by atoms with E-state index in [0.717, 1.165) is 18.8 Å². The molecule has 2 aliphatic rings. The maximum absolute atomic E-state index is 6.30. The van der Waals surface area contributed by atoms with E-state index in [1.807, 2.05) is 6.07 Å². The highest BCUT2D eigenvalue weighted by Crippen LogP contribution is 2.52. The summed E-state index contributed by atoms with van der Waals surface area (Å²) >= 11 is 0. The molecule has 20 heavy (non-hydrogen) atoms. The molecule has 0 aromatic carbocycles. The normalized spacial score (nSPS) is 33.0. The molecule has 1 heterocycles. The van der Waals surface area contributed by atoms with Gasteiger partial charge >= 0.3 is 0 Å². The van der Waals surface area contributed by atoms with Crippen molar-refractivity contribution in [3.8, 4) is 0 Å². The van der Waals surface area contributed by atoms with Gasteiger partial charge in [0.25, 0.3) is 0 Å². The molecule has 3 nitrogen and oxygen atoms in total. The molecule has 2 fully saturated rings. The SMILES string of the molecule is CC1CC(C)(C)CC1(CN)N(Cc1ccco1)C1CC1. The maximum atomic E-state index is 6.30. The second kappa shape index (κ2) is 4.88. The van der Waals surface area contributed by atoms with Crippen LogP contribution in [0, 0.1) is 11.3 Å². The number of hydrogen-bond donors (Lipinski definition) is 1. The van der Waals surface area contributed by atoms with E-state index >= 15 is 0 Å². The van der Waals surface area contributed by atoms with Gasteiger partial charge in [-0.3, -0.25) is 4.90 Å². The molecule has 2 aliphatic carbocycles. The van der Waals surface area contributed by atoms with E-state index in [2.05, 4.69) is 31.7 Å². The van der Waals surface area contributed by atoms with E-state index in [4.69, 9.17) is 10.2 Å². The smallest absolute Gasteiger partial charge is 0.117 e. The average molecular weight is 276 g/mol. The highest BCUT2D eigenvalue weighted by molar-refractivity contribution is 5.11. The Hall–Kier alpha value is -0.800. The van der Waals surface area contributed by atoms with Gasteiger partial charge in [0.2, 0.25) is 0 Å². The first-order valence-corrected chi connectivity index (χ1v) is 7.96.